The zero-order valence-electron chi connectivity index (χ0n) is 14.8. The van der Waals surface area contributed by atoms with Crippen molar-refractivity contribution in [3.8, 4) is 0 Å². The van der Waals surface area contributed by atoms with E-state index < -0.39 is 0 Å². The molecule has 3 aromatic rings. The van der Waals surface area contributed by atoms with Gasteiger partial charge in [0.05, 0.1) is 17.1 Å². The molecule has 4 rings (SSSR count). The maximum atomic E-state index is 12.5. The predicted molar refractivity (Wildman–Crippen MR) is 108 cm³/mol. The summed E-state index contributed by atoms with van der Waals surface area (Å²) in [5.74, 6) is 0.452. The van der Waals surface area contributed by atoms with E-state index in [1.807, 2.05) is 30.5 Å². The van der Waals surface area contributed by atoms with Gasteiger partial charge in [-0.05, 0) is 48.6 Å². The largest absolute Gasteiger partial charge is 0.296 e. The van der Waals surface area contributed by atoms with Gasteiger partial charge < -0.3 is 0 Å². The molecule has 0 atom stereocenters. The Morgan fingerprint density at radius 3 is 2.85 bits per heavy atom. The minimum atomic E-state index is -0.337. The number of hydrogen-bond donors (Lipinski definition) is 1. The molecule has 1 aromatic heterocycles. The Kier molecular flexibility index (Phi) is 4.77. The van der Waals surface area contributed by atoms with Crippen LogP contribution in [0.1, 0.15) is 28.2 Å². The summed E-state index contributed by atoms with van der Waals surface area (Å²) in [6.45, 7) is 0.714. The molecule has 0 unspecified atom stereocenters. The molecule has 0 bridgehead atoms. The molecule has 136 valence electrons. The molecule has 1 N–H and O–H groups in total. The second-order valence-electron chi connectivity index (χ2n) is 6.29. The minimum Gasteiger partial charge on any atom is -0.296 e. The highest BCUT2D eigenvalue weighted by Gasteiger charge is 2.17. The number of aryl methyl sites for hydroxylation is 1. The molecule has 0 saturated carbocycles. The Hall–Kier alpha value is -2.93. The number of nitrogens with one attached hydrogen (secondary N) is 1. The first-order valence-corrected chi connectivity index (χ1v) is 9.89. The summed E-state index contributed by atoms with van der Waals surface area (Å²) in [5, 5.41) is 4.55. The van der Waals surface area contributed by atoms with Crippen LogP contribution in [-0.4, -0.2) is 27.9 Å². The van der Waals surface area contributed by atoms with Gasteiger partial charge in [-0.15, -0.1) is 11.8 Å². The van der Waals surface area contributed by atoms with Crippen molar-refractivity contribution < 1.29 is 4.79 Å². The van der Waals surface area contributed by atoms with Gasteiger partial charge in [-0.2, -0.15) is 5.10 Å². The molecule has 2 heterocycles. The predicted octanol–water partition coefficient (Wildman–Crippen LogP) is 2.83. The lowest BCUT2D eigenvalue weighted by molar-refractivity contribution is 0.0955. The molecule has 2 aromatic carbocycles. The third-order valence-corrected chi connectivity index (χ3v) is 5.32. The normalized spacial score (nSPS) is 13.2. The summed E-state index contributed by atoms with van der Waals surface area (Å²) in [6, 6.07) is 12.8. The summed E-state index contributed by atoms with van der Waals surface area (Å²) in [6.07, 6.45) is 5.34. The first-order chi connectivity index (χ1) is 13.2. The first-order valence-electron chi connectivity index (χ1n) is 8.66. The quantitative estimate of drug-likeness (QED) is 0.430. The highest BCUT2D eigenvalue weighted by atomic mass is 32.2. The highest BCUT2D eigenvalue weighted by molar-refractivity contribution is 7.98. The van der Waals surface area contributed by atoms with Crippen molar-refractivity contribution in [2.24, 2.45) is 5.10 Å². The van der Waals surface area contributed by atoms with Gasteiger partial charge in [-0.1, -0.05) is 12.1 Å². The number of carbonyl (C=O) groups excluding carboxylic acids is 1. The number of rotatable bonds is 4. The van der Waals surface area contributed by atoms with Gasteiger partial charge in [0.1, 0.15) is 5.82 Å². The number of nitrogens with zero attached hydrogens (tertiary/aromatic N) is 3. The first kappa shape index (κ1) is 17.5. The molecule has 0 spiro atoms. The molecule has 0 fully saturated rings. The molecule has 0 radical (unpaired) electrons. The van der Waals surface area contributed by atoms with E-state index in [0.29, 0.717) is 23.0 Å². The third-order valence-electron chi connectivity index (χ3n) is 4.57. The van der Waals surface area contributed by atoms with Crippen LogP contribution in [0.5, 0.6) is 0 Å². The Bertz CT molecular complexity index is 1100. The van der Waals surface area contributed by atoms with Gasteiger partial charge in [-0.25, -0.2) is 10.4 Å². The topological polar surface area (TPSA) is 76.3 Å². The van der Waals surface area contributed by atoms with E-state index >= 15 is 0 Å². The SMILES string of the molecule is CSc1ccc(/C=N\NC(=O)c2ccc3c(=O)n4c(nc3c2)CCC4)cc1. The fourth-order valence-corrected chi connectivity index (χ4v) is 3.55. The number of hydrazone groups is 1. The van der Waals surface area contributed by atoms with Gasteiger partial charge in [-0.3, -0.25) is 14.2 Å². The molecule has 0 saturated heterocycles. The number of benzene rings is 2. The lowest BCUT2D eigenvalue weighted by Gasteiger charge is -2.06. The van der Waals surface area contributed by atoms with Crippen molar-refractivity contribution in [1.29, 1.82) is 0 Å². The molecule has 1 aliphatic heterocycles. The van der Waals surface area contributed by atoms with Crippen LogP contribution < -0.4 is 11.0 Å². The maximum absolute atomic E-state index is 12.5. The van der Waals surface area contributed by atoms with Crippen LogP contribution in [0.25, 0.3) is 10.9 Å². The van der Waals surface area contributed by atoms with Crippen LogP contribution in [0, 0.1) is 0 Å². The van der Waals surface area contributed by atoms with E-state index in [2.05, 4.69) is 15.5 Å². The van der Waals surface area contributed by atoms with Crippen LogP contribution in [-0.2, 0) is 13.0 Å². The molecule has 7 heteroatoms. The average Bonchev–Trinajstić information content (AvgIpc) is 3.17. The summed E-state index contributed by atoms with van der Waals surface area (Å²) in [7, 11) is 0. The van der Waals surface area contributed by atoms with E-state index in [1.54, 1.807) is 40.7 Å². The number of fused-ring (bicyclic) bond motifs is 2. The van der Waals surface area contributed by atoms with Crippen LogP contribution in [0.15, 0.2) is 57.3 Å². The molecule has 1 aliphatic rings. The molecule has 1 amide bonds. The number of hydrogen-bond acceptors (Lipinski definition) is 5. The van der Waals surface area contributed by atoms with Crippen molar-refractivity contribution in [3.63, 3.8) is 0 Å². The molecule has 27 heavy (non-hydrogen) atoms. The summed E-state index contributed by atoms with van der Waals surface area (Å²) in [4.78, 5) is 30.5. The van der Waals surface area contributed by atoms with Gasteiger partial charge in [0, 0.05) is 23.4 Å². The second kappa shape index (κ2) is 7.36. The highest BCUT2D eigenvalue weighted by Crippen LogP contribution is 2.16. The molecular formula is C20H18N4O2S. The van der Waals surface area contributed by atoms with Crippen molar-refractivity contribution >= 4 is 34.8 Å². The van der Waals surface area contributed by atoms with Crippen molar-refractivity contribution in [2.75, 3.05) is 6.26 Å². The fraction of sp³-hybridized carbons (Fsp3) is 0.200. The zero-order valence-corrected chi connectivity index (χ0v) is 15.6. The van der Waals surface area contributed by atoms with Crippen molar-refractivity contribution in [3.05, 3.63) is 69.8 Å². The second-order valence-corrected chi connectivity index (χ2v) is 7.17. The number of aromatic nitrogens is 2. The van der Waals surface area contributed by atoms with E-state index in [4.69, 9.17) is 0 Å². The number of thioether (sulfide) groups is 1. The Morgan fingerprint density at radius 1 is 1.26 bits per heavy atom. The fourth-order valence-electron chi connectivity index (χ4n) is 3.14. The lowest BCUT2D eigenvalue weighted by atomic mass is 10.1. The molecule has 0 aliphatic carbocycles. The lowest BCUT2D eigenvalue weighted by Crippen LogP contribution is -2.22. The summed E-state index contributed by atoms with van der Waals surface area (Å²) < 4.78 is 1.72. The Balaban J connectivity index is 1.53. The zero-order chi connectivity index (χ0) is 18.8. The summed E-state index contributed by atoms with van der Waals surface area (Å²) in [5.41, 5.74) is 4.36. The molecule has 6 nitrogen and oxygen atoms in total. The number of carbonyl (C=O) groups is 1. The average molecular weight is 378 g/mol. The third kappa shape index (κ3) is 3.50. The van der Waals surface area contributed by atoms with Crippen LogP contribution in [0.4, 0.5) is 0 Å². The Morgan fingerprint density at radius 2 is 2.07 bits per heavy atom. The van der Waals surface area contributed by atoms with Crippen molar-refractivity contribution in [2.45, 2.75) is 24.3 Å². The molecular weight excluding hydrogens is 360 g/mol. The van der Waals surface area contributed by atoms with Crippen LogP contribution in [0.2, 0.25) is 0 Å². The maximum Gasteiger partial charge on any atom is 0.271 e. The van der Waals surface area contributed by atoms with E-state index in [0.717, 1.165) is 24.2 Å². The van der Waals surface area contributed by atoms with Crippen LogP contribution in [0.3, 0.4) is 0 Å². The number of amides is 1. The minimum absolute atomic E-state index is 0.0360. The van der Waals surface area contributed by atoms with Gasteiger partial charge in [0.25, 0.3) is 11.5 Å². The Labute approximate surface area is 160 Å². The van der Waals surface area contributed by atoms with E-state index in [-0.39, 0.29) is 11.5 Å². The smallest absolute Gasteiger partial charge is 0.271 e. The van der Waals surface area contributed by atoms with E-state index in [1.165, 1.54) is 4.90 Å². The monoisotopic (exact) mass is 378 g/mol. The van der Waals surface area contributed by atoms with E-state index in [9.17, 15) is 9.59 Å². The van der Waals surface area contributed by atoms with Crippen LogP contribution >= 0.6 is 11.8 Å². The van der Waals surface area contributed by atoms with Crippen molar-refractivity contribution in [1.82, 2.24) is 15.0 Å². The van der Waals surface area contributed by atoms with Gasteiger partial charge in [0.2, 0.25) is 0 Å². The van der Waals surface area contributed by atoms with Gasteiger partial charge >= 0.3 is 0 Å². The standard InChI is InChI=1S/C20H18N4O2S/c1-27-15-7-4-13(5-8-15)12-21-23-19(25)14-6-9-16-17(11-14)22-18-3-2-10-24(18)20(16)26/h4-9,11-12H,2-3,10H2,1H3,(H,23,25)/b21-12-. The van der Waals surface area contributed by atoms with Gasteiger partial charge in [0.15, 0.2) is 0 Å². The summed E-state index contributed by atoms with van der Waals surface area (Å²) >= 11 is 1.67.